The molecule has 0 saturated heterocycles. The fourth-order valence-electron chi connectivity index (χ4n) is 2.93. The maximum absolute atomic E-state index is 13.5. The lowest BCUT2D eigenvalue weighted by atomic mass is 9.84. The lowest BCUT2D eigenvalue weighted by molar-refractivity contribution is 0.183. The van der Waals surface area contributed by atoms with Gasteiger partial charge >= 0.3 is 0 Å². The third-order valence-electron chi connectivity index (χ3n) is 4.00. The van der Waals surface area contributed by atoms with Crippen molar-refractivity contribution in [1.82, 2.24) is 5.32 Å². The van der Waals surface area contributed by atoms with E-state index in [0.717, 1.165) is 24.7 Å². The minimum atomic E-state index is -0.509. The van der Waals surface area contributed by atoms with Crippen molar-refractivity contribution in [3.8, 4) is 5.75 Å². The molecule has 20 heavy (non-hydrogen) atoms. The zero-order chi connectivity index (χ0) is 14.4. The number of halogens is 2. The van der Waals surface area contributed by atoms with Crippen molar-refractivity contribution in [2.75, 3.05) is 13.2 Å². The molecule has 112 valence electrons. The Kier molecular flexibility index (Phi) is 5.77. The Morgan fingerprint density at radius 3 is 2.70 bits per heavy atom. The van der Waals surface area contributed by atoms with E-state index in [4.69, 9.17) is 4.74 Å². The summed E-state index contributed by atoms with van der Waals surface area (Å²) in [5, 5.41) is 3.42. The van der Waals surface area contributed by atoms with Crippen LogP contribution in [0.4, 0.5) is 8.78 Å². The van der Waals surface area contributed by atoms with E-state index < -0.39 is 11.6 Å². The second-order valence-electron chi connectivity index (χ2n) is 5.45. The number of rotatable bonds is 6. The Morgan fingerprint density at radius 2 is 2.00 bits per heavy atom. The summed E-state index contributed by atoms with van der Waals surface area (Å²) in [5.74, 6) is -0.409. The molecule has 0 aliphatic heterocycles. The smallest absolute Gasteiger partial charge is 0.165 e. The van der Waals surface area contributed by atoms with Crippen LogP contribution >= 0.6 is 0 Å². The summed E-state index contributed by atoms with van der Waals surface area (Å²) >= 11 is 0. The van der Waals surface area contributed by atoms with E-state index in [1.54, 1.807) is 0 Å². The summed E-state index contributed by atoms with van der Waals surface area (Å²) in [6, 6.07) is 3.53. The van der Waals surface area contributed by atoms with Crippen LogP contribution in [0.3, 0.4) is 0 Å². The van der Waals surface area contributed by atoms with E-state index in [9.17, 15) is 8.78 Å². The van der Waals surface area contributed by atoms with Gasteiger partial charge in [-0.3, -0.25) is 0 Å². The molecule has 1 aromatic carbocycles. The van der Waals surface area contributed by atoms with Gasteiger partial charge in [-0.1, -0.05) is 26.2 Å². The van der Waals surface area contributed by atoms with Gasteiger partial charge in [0.25, 0.3) is 0 Å². The largest absolute Gasteiger partial charge is 0.489 e. The van der Waals surface area contributed by atoms with Gasteiger partial charge in [0.05, 0.1) is 0 Å². The van der Waals surface area contributed by atoms with Crippen molar-refractivity contribution in [1.29, 1.82) is 0 Å². The molecule has 0 bridgehead atoms. The van der Waals surface area contributed by atoms with Gasteiger partial charge < -0.3 is 10.1 Å². The average molecular weight is 283 g/mol. The van der Waals surface area contributed by atoms with Gasteiger partial charge in [-0.15, -0.1) is 0 Å². The van der Waals surface area contributed by atoms with Gasteiger partial charge in [0.15, 0.2) is 11.6 Å². The summed E-state index contributed by atoms with van der Waals surface area (Å²) in [4.78, 5) is 0. The van der Waals surface area contributed by atoms with Crippen LogP contribution in [0.25, 0.3) is 0 Å². The van der Waals surface area contributed by atoms with Crippen LogP contribution in [0.5, 0.6) is 5.75 Å². The number of benzene rings is 1. The number of nitrogens with one attached hydrogen (secondary N) is 1. The van der Waals surface area contributed by atoms with Crippen molar-refractivity contribution >= 4 is 0 Å². The fourth-order valence-corrected chi connectivity index (χ4v) is 2.93. The van der Waals surface area contributed by atoms with E-state index in [-0.39, 0.29) is 11.8 Å². The van der Waals surface area contributed by atoms with E-state index >= 15 is 0 Å². The Morgan fingerprint density at radius 1 is 1.25 bits per heavy atom. The first-order valence-electron chi connectivity index (χ1n) is 7.52. The molecule has 1 unspecified atom stereocenters. The lowest BCUT2D eigenvalue weighted by Crippen LogP contribution is -2.41. The summed E-state index contributed by atoms with van der Waals surface area (Å²) in [6.07, 6.45) is 6.18. The monoisotopic (exact) mass is 283 g/mol. The molecule has 1 aromatic rings. The van der Waals surface area contributed by atoms with Crippen LogP contribution in [-0.4, -0.2) is 19.2 Å². The molecule has 0 spiro atoms. The van der Waals surface area contributed by atoms with Crippen LogP contribution in [0.2, 0.25) is 0 Å². The van der Waals surface area contributed by atoms with Crippen LogP contribution in [0.1, 0.15) is 39.0 Å². The first-order valence-corrected chi connectivity index (χ1v) is 7.52. The van der Waals surface area contributed by atoms with Gasteiger partial charge in [-0.25, -0.2) is 8.78 Å². The highest BCUT2D eigenvalue weighted by atomic mass is 19.1. The topological polar surface area (TPSA) is 21.3 Å². The summed E-state index contributed by atoms with van der Waals surface area (Å²) in [6.45, 7) is 3.30. The van der Waals surface area contributed by atoms with E-state index in [2.05, 4.69) is 12.2 Å². The van der Waals surface area contributed by atoms with Crippen molar-refractivity contribution in [3.63, 3.8) is 0 Å². The lowest BCUT2D eigenvalue weighted by Gasteiger charge is -2.30. The maximum Gasteiger partial charge on any atom is 0.165 e. The highest BCUT2D eigenvalue weighted by molar-refractivity contribution is 5.24. The Hall–Kier alpha value is -1.16. The van der Waals surface area contributed by atoms with Crippen LogP contribution in [0, 0.1) is 17.6 Å². The predicted octanol–water partition coefficient (Wildman–Crippen LogP) is 3.90. The molecule has 4 heteroatoms. The van der Waals surface area contributed by atoms with E-state index in [1.807, 2.05) is 0 Å². The standard InChI is InChI=1S/C16H23F2NO/c1-2-19-15(12-6-4-3-5-7-12)11-20-16-10-13(17)8-9-14(16)18/h8-10,12,15,19H,2-7,11H2,1H3. The summed E-state index contributed by atoms with van der Waals surface area (Å²) in [5.41, 5.74) is 0. The van der Waals surface area contributed by atoms with Crippen molar-refractivity contribution in [3.05, 3.63) is 29.8 Å². The normalized spacial score (nSPS) is 17.9. The summed E-state index contributed by atoms with van der Waals surface area (Å²) < 4.78 is 32.2. The Balaban J connectivity index is 1.95. The second-order valence-corrected chi connectivity index (χ2v) is 5.45. The number of hydrogen-bond donors (Lipinski definition) is 1. The molecular formula is C16H23F2NO. The number of hydrogen-bond acceptors (Lipinski definition) is 2. The third kappa shape index (κ3) is 4.17. The second kappa shape index (κ2) is 7.58. The summed E-state index contributed by atoms with van der Waals surface area (Å²) in [7, 11) is 0. The number of likely N-dealkylation sites (N-methyl/N-ethyl adjacent to an activating group) is 1. The molecule has 1 atom stereocenters. The molecule has 1 N–H and O–H groups in total. The number of ether oxygens (including phenoxy) is 1. The molecule has 0 amide bonds. The molecule has 1 fully saturated rings. The highest BCUT2D eigenvalue weighted by Crippen LogP contribution is 2.27. The van der Waals surface area contributed by atoms with Crippen molar-refractivity contribution < 1.29 is 13.5 Å². The Bertz CT molecular complexity index is 419. The first kappa shape index (κ1) is 15.2. The zero-order valence-corrected chi connectivity index (χ0v) is 12.0. The minimum absolute atomic E-state index is 0.00344. The van der Waals surface area contributed by atoms with E-state index in [1.165, 1.54) is 32.1 Å². The minimum Gasteiger partial charge on any atom is -0.489 e. The van der Waals surface area contributed by atoms with Crippen LogP contribution < -0.4 is 10.1 Å². The maximum atomic E-state index is 13.5. The Labute approximate surface area is 119 Å². The third-order valence-corrected chi connectivity index (χ3v) is 4.00. The van der Waals surface area contributed by atoms with Gasteiger partial charge in [0.1, 0.15) is 12.4 Å². The SMILES string of the molecule is CCNC(COc1cc(F)ccc1F)C1CCCCC1. The molecule has 1 saturated carbocycles. The molecule has 1 aliphatic carbocycles. The quantitative estimate of drug-likeness (QED) is 0.855. The van der Waals surface area contributed by atoms with Gasteiger partial charge in [0, 0.05) is 12.1 Å². The van der Waals surface area contributed by atoms with Gasteiger partial charge in [-0.05, 0) is 37.4 Å². The molecular weight excluding hydrogens is 260 g/mol. The van der Waals surface area contributed by atoms with E-state index in [0.29, 0.717) is 12.5 Å². The first-order chi connectivity index (χ1) is 9.70. The van der Waals surface area contributed by atoms with Gasteiger partial charge in [0.2, 0.25) is 0 Å². The van der Waals surface area contributed by atoms with Crippen molar-refractivity contribution in [2.24, 2.45) is 5.92 Å². The fraction of sp³-hybridized carbons (Fsp3) is 0.625. The zero-order valence-electron chi connectivity index (χ0n) is 12.0. The van der Waals surface area contributed by atoms with Crippen LogP contribution in [-0.2, 0) is 0 Å². The molecule has 1 aliphatic rings. The molecule has 2 nitrogen and oxygen atoms in total. The highest BCUT2D eigenvalue weighted by Gasteiger charge is 2.23. The molecule has 0 heterocycles. The van der Waals surface area contributed by atoms with Crippen molar-refractivity contribution in [2.45, 2.75) is 45.1 Å². The predicted molar refractivity (Wildman–Crippen MR) is 75.9 cm³/mol. The average Bonchev–Trinajstić information content (AvgIpc) is 2.47. The molecule has 0 aromatic heterocycles. The molecule has 2 rings (SSSR count). The molecule has 0 radical (unpaired) electrons. The van der Waals surface area contributed by atoms with Gasteiger partial charge in [-0.2, -0.15) is 0 Å². The van der Waals surface area contributed by atoms with Crippen LogP contribution in [0.15, 0.2) is 18.2 Å².